The van der Waals surface area contributed by atoms with Gasteiger partial charge in [-0.05, 0) is 23.8 Å². The zero-order valence-corrected chi connectivity index (χ0v) is 12.6. The lowest BCUT2D eigenvalue weighted by Gasteiger charge is -2.10. The first-order chi connectivity index (χ1) is 10.3. The SMILES string of the molecule is N#Cc1nnc2ccccc2c1NCc1ccc(Br)cc1. The number of hydrogen-bond donors (Lipinski definition) is 1. The average Bonchev–Trinajstić information content (AvgIpc) is 2.54. The number of nitrogens with one attached hydrogen (secondary N) is 1. The standard InChI is InChI=1S/C16H11BrN4/c17-12-7-5-11(6-8-12)10-19-16-13-3-1-2-4-14(13)20-21-15(16)9-18/h1-8H,10H2,(H,19,20). The summed E-state index contributed by atoms with van der Waals surface area (Å²) < 4.78 is 1.04. The molecule has 3 aromatic rings. The van der Waals surface area contributed by atoms with Crippen LogP contribution in [0.1, 0.15) is 11.3 Å². The Morgan fingerprint density at radius 3 is 2.57 bits per heavy atom. The van der Waals surface area contributed by atoms with Crippen molar-refractivity contribution in [2.45, 2.75) is 6.54 Å². The molecule has 5 heteroatoms. The van der Waals surface area contributed by atoms with E-state index in [1.54, 1.807) is 0 Å². The van der Waals surface area contributed by atoms with E-state index in [1.165, 1.54) is 0 Å². The summed E-state index contributed by atoms with van der Waals surface area (Å²) in [6, 6.07) is 17.8. The summed E-state index contributed by atoms with van der Waals surface area (Å²) in [5.41, 5.74) is 2.94. The molecule has 0 amide bonds. The van der Waals surface area contributed by atoms with Gasteiger partial charge in [0, 0.05) is 16.4 Å². The van der Waals surface area contributed by atoms with Crippen LogP contribution >= 0.6 is 15.9 Å². The zero-order valence-electron chi connectivity index (χ0n) is 11.0. The first kappa shape index (κ1) is 13.5. The summed E-state index contributed by atoms with van der Waals surface area (Å²) >= 11 is 3.42. The van der Waals surface area contributed by atoms with Crippen LogP contribution < -0.4 is 5.32 Å². The molecular weight excluding hydrogens is 328 g/mol. The monoisotopic (exact) mass is 338 g/mol. The van der Waals surface area contributed by atoms with E-state index >= 15 is 0 Å². The van der Waals surface area contributed by atoms with Crippen molar-refractivity contribution in [3.63, 3.8) is 0 Å². The van der Waals surface area contributed by atoms with E-state index in [4.69, 9.17) is 0 Å². The number of anilines is 1. The second kappa shape index (κ2) is 5.90. The van der Waals surface area contributed by atoms with Gasteiger partial charge in [0.25, 0.3) is 0 Å². The van der Waals surface area contributed by atoms with Crippen LogP contribution in [0.15, 0.2) is 53.0 Å². The van der Waals surface area contributed by atoms with Gasteiger partial charge < -0.3 is 5.32 Å². The largest absolute Gasteiger partial charge is 0.378 e. The van der Waals surface area contributed by atoms with Crippen LogP contribution in [0.5, 0.6) is 0 Å². The number of benzene rings is 2. The van der Waals surface area contributed by atoms with Gasteiger partial charge in [-0.1, -0.05) is 46.3 Å². The average molecular weight is 339 g/mol. The highest BCUT2D eigenvalue weighted by Gasteiger charge is 2.09. The smallest absolute Gasteiger partial charge is 0.186 e. The van der Waals surface area contributed by atoms with Crippen LogP contribution in [-0.2, 0) is 6.54 Å². The lowest BCUT2D eigenvalue weighted by molar-refractivity contribution is 1.04. The number of aromatic nitrogens is 2. The topological polar surface area (TPSA) is 61.6 Å². The van der Waals surface area contributed by atoms with Gasteiger partial charge in [-0.25, -0.2) is 0 Å². The van der Waals surface area contributed by atoms with Crippen molar-refractivity contribution in [1.29, 1.82) is 5.26 Å². The van der Waals surface area contributed by atoms with Crippen molar-refractivity contribution >= 4 is 32.5 Å². The summed E-state index contributed by atoms with van der Waals surface area (Å²) in [6.45, 7) is 0.623. The minimum absolute atomic E-state index is 0.311. The number of fused-ring (bicyclic) bond motifs is 1. The molecule has 0 aliphatic rings. The van der Waals surface area contributed by atoms with Crippen LogP contribution in [0.3, 0.4) is 0 Å². The molecule has 0 saturated heterocycles. The Morgan fingerprint density at radius 2 is 1.81 bits per heavy atom. The minimum Gasteiger partial charge on any atom is -0.378 e. The minimum atomic E-state index is 0.311. The molecule has 0 saturated carbocycles. The summed E-state index contributed by atoms with van der Waals surface area (Å²) in [6.07, 6.45) is 0. The highest BCUT2D eigenvalue weighted by molar-refractivity contribution is 9.10. The van der Waals surface area contributed by atoms with Crippen LogP contribution in [0.2, 0.25) is 0 Å². The quantitative estimate of drug-likeness (QED) is 0.787. The van der Waals surface area contributed by atoms with Gasteiger partial charge in [-0.3, -0.25) is 0 Å². The van der Waals surface area contributed by atoms with E-state index in [2.05, 4.69) is 37.5 Å². The Hall–Kier alpha value is -2.45. The van der Waals surface area contributed by atoms with Crippen molar-refractivity contribution in [3.05, 3.63) is 64.3 Å². The molecule has 1 aromatic heterocycles. The van der Waals surface area contributed by atoms with Crippen LogP contribution in [0, 0.1) is 11.3 Å². The normalized spacial score (nSPS) is 10.3. The van der Waals surface area contributed by atoms with Crippen LogP contribution in [-0.4, -0.2) is 10.2 Å². The maximum atomic E-state index is 9.21. The maximum absolute atomic E-state index is 9.21. The predicted octanol–water partition coefficient (Wildman–Crippen LogP) is 3.88. The van der Waals surface area contributed by atoms with Crippen molar-refractivity contribution in [3.8, 4) is 6.07 Å². The first-order valence-corrected chi connectivity index (χ1v) is 7.21. The fourth-order valence-corrected chi connectivity index (χ4v) is 2.37. The summed E-state index contributed by atoms with van der Waals surface area (Å²) in [4.78, 5) is 0. The van der Waals surface area contributed by atoms with Gasteiger partial charge in [0.1, 0.15) is 6.07 Å². The molecule has 2 aromatic carbocycles. The van der Waals surface area contributed by atoms with Crippen molar-refractivity contribution in [2.24, 2.45) is 0 Å². The van der Waals surface area contributed by atoms with Gasteiger partial charge >= 0.3 is 0 Å². The van der Waals surface area contributed by atoms with Crippen molar-refractivity contribution in [1.82, 2.24) is 10.2 Å². The van der Waals surface area contributed by atoms with E-state index in [1.807, 2.05) is 48.5 Å². The molecule has 21 heavy (non-hydrogen) atoms. The fourth-order valence-electron chi connectivity index (χ4n) is 2.10. The highest BCUT2D eigenvalue weighted by Crippen LogP contribution is 2.24. The number of nitriles is 1. The molecule has 0 aliphatic carbocycles. The molecule has 1 heterocycles. The van der Waals surface area contributed by atoms with E-state index in [-0.39, 0.29) is 0 Å². The number of halogens is 1. The molecule has 1 N–H and O–H groups in total. The van der Waals surface area contributed by atoms with Gasteiger partial charge in [-0.15, -0.1) is 10.2 Å². The van der Waals surface area contributed by atoms with Crippen LogP contribution in [0.4, 0.5) is 5.69 Å². The number of nitrogens with zero attached hydrogens (tertiary/aromatic N) is 3. The fraction of sp³-hybridized carbons (Fsp3) is 0.0625. The van der Waals surface area contributed by atoms with Gasteiger partial charge in [0.05, 0.1) is 11.2 Å². The first-order valence-electron chi connectivity index (χ1n) is 6.42. The molecule has 102 valence electrons. The van der Waals surface area contributed by atoms with E-state index in [9.17, 15) is 5.26 Å². The Morgan fingerprint density at radius 1 is 1.05 bits per heavy atom. The van der Waals surface area contributed by atoms with E-state index < -0.39 is 0 Å². The predicted molar refractivity (Wildman–Crippen MR) is 85.7 cm³/mol. The molecule has 0 bridgehead atoms. The molecule has 0 radical (unpaired) electrons. The van der Waals surface area contributed by atoms with Crippen molar-refractivity contribution in [2.75, 3.05) is 5.32 Å². The van der Waals surface area contributed by atoms with Gasteiger partial charge in [0.2, 0.25) is 0 Å². The molecular formula is C16H11BrN4. The summed E-state index contributed by atoms with van der Waals surface area (Å²) in [7, 11) is 0. The molecule has 0 fully saturated rings. The molecule has 0 aliphatic heterocycles. The molecule has 3 rings (SSSR count). The van der Waals surface area contributed by atoms with Crippen LogP contribution in [0.25, 0.3) is 10.9 Å². The Labute approximate surface area is 130 Å². The second-order valence-corrected chi connectivity index (χ2v) is 5.45. The highest BCUT2D eigenvalue weighted by atomic mass is 79.9. The Bertz CT molecular complexity index is 822. The summed E-state index contributed by atoms with van der Waals surface area (Å²) in [5, 5.41) is 21.5. The molecule has 0 unspecified atom stereocenters. The number of rotatable bonds is 3. The molecule has 0 spiro atoms. The maximum Gasteiger partial charge on any atom is 0.186 e. The second-order valence-electron chi connectivity index (χ2n) is 4.53. The van der Waals surface area contributed by atoms with E-state index in [0.29, 0.717) is 12.2 Å². The van der Waals surface area contributed by atoms with Gasteiger partial charge in [0.15, 0.2) is 5.69 Å². The number of hydrogen-bond acceptors (Lipinski definition) is 4. The lowest BCUT2D eigenvalue weighted by Crippen LogP contribution is -2.04. The van der Waals surface area contributed by atoms with Gasteiger partial charge in [-0.2, -0.15) is 5.26 Å². The van der Waals surface area contributed by atoms with E-state index in [0.717, 1.165) is 26.6 Å². The third-order valence-electron chi connectivity index (χ3n) is 3.16. The lowest BCUT2D eigenvalue weighted by atomic mass is 10.1. The third kappa shape index (κ3) is 2.86. The Balaban J connectivity index is 1.95. The third-order valence-corrected chi connectivity index (χ3v) is 3.69. The zero-order chi connectivity index (χ0) is 14.7. The Kier molecular flexibility index (Phi) is 3.80. The molecule has 4 nitrogen and oxygen atoms in total. The summed E-state index contributed by atoms with van der Waals surface area (Å²) in [5.74, 6) is 0. The molecule has 0 atom stereocenters. The van der Waals surface area contributed by atoms with Crippen molar-refractivity contribution < 1.29 is 0 Å².